The van der Waals surface area contributed by atoms with E-state index < -0.39 is 0 Å². The van der Waals surface area contributed by atoms with Gasteiger partial charge in [0.25, 0.3) is 5.91 Å². The van der Waals surface area contributed by atoms with Crippen LogP contribution in [0.2, 0.25) is 0 Å². The summed E-state index contributed by atoms with van der Waals surface area (Å²) in [4.78, 5) is 33.8. The first-order chi connectivity index (χ1) is 14.0. The van der Waals surface area contributed by atoms with E-state index in [-0.39, 0.29) is 23.8 Å². The van der Waals surface area contributed by atoms with E-state index in [1.807, 2.05) is 18.2 Å². The van der Waals surface area contributed by atoms with Crippen molar-refractivity contribution >= 4 is 17.5 Å². The van der Waals surface area contributed by atoms with Crippen molar-refractivity contribution in [2.45, 2.75) is 45.1 Å². The maximum atomic E-state index is 13.0. The van der Waals surface area contributed by atoms with Gasteiger partial charge in [-0.05, 0) is 43.0 Å². The van der Waals surface area contributed by atoms with Crippen LogP contribution in [0.3, 0.4) is 0 Å². The number of carbonyl (C=O) groups excluding carboxylic acids is 2. The molecule has 2 heterocycles. The number of allylic oxidation sites excluding steroid dienone is 1. The van der Waals surface area contributed by atoms with Crippen molar-refractivity contribution in [1.29, 1.82) is 0 Å². The molecule has 30 heavy (non-hydrogen) atoms. The Morgan fingerprint density at radius 2 is 1.90 bits per heavy atom. The average Bonchev–Trinajstić information content (AvgIpc) is 2.94. The normalized spacial score (nSPS) is 20.3. The highest BCUT2D eigenvalue weighted by Gasteiger charge is 2.31. The topological polar surface area (TPSA) is 47.1 Å². The fourth-order valence-electron chi connectivity index (χ4n) is 4.25. The minimum Gasteiger partial charge on any atom is -0.374 e. The first-order valence-corrected chi connectivity index (χ1v) is 10.8. The number of likely N-dealkylation sites (N-methyl/N-ethyl adjacent to an activating group) is 3. The molecular formula is C24H36N4O2. The molecule has 0 saturated carbocycles. The summed E-state index contributed by atoms with van der Waals surface area (Å²) in [6.45, 7) is 12.9. The van der Waals surface area contributed by atoms with Crippen molar-refractivity contribution in [3.63, 3.8) is 0 Å². The SMILES string of the molecule is C=C1CC[C@@H](CN(C)CCN2C(=O)CN(C)C(=O)c3cc(C(C)(C)C)ccc32)N1C. The molecule has 3 rings (SSSR count). The number of anilines is 1. The van der Waals surface area contributed by atoms with E-state index in [1.165, 1.54) is 10.6 Å². The molecular weight excluding hydrogens is 376 g/mol. The van der Waals surface area contributed by atoms with Gasteiger partial charge in [0.2, 0.25) is 5.91 Å². The smallest absolute Gasteiger partial charge is 0.256 e. The molecule has 0 aromatic heterocycles. The van der Waals surface area contributed by atoms with Crippen LogP contribution in [0.1, 0.15) is 49.5 Å². The van der Waals surface area contributed by atoms with Crippen molar-refractivity contribution in [2.75, 3.05) is 52.2 Å². The molecule has 0 radical (unpaired) electrons. The average molecular weight is 413 g/mol. The molecule has 164 valence electrons. The van der Waals surface area contributed by atoms with Crippen LogP contribution >= 0.6 is 0 Å². The van der Waals surface area contributed by atoms with Crippen LogP contribution in [0.4, 0.5) is 5.69 Å². The maximum Gasteiger partial charge on any atom is 0.256 e. The Labute approximate surface area is 181 Å². The first-order valence-electron chi connectivity index (χ1n) is 10.8. The molecule has 0 spiro atoms. The Kier molecular flexibility index (Phi) is 6.27. The summed E-state index contributed by atoms with van der Waals surface area (Å²) in [6, 6.07) is 6.42. The highest BCUT2D eigenvalue weighted by Crippen LogP contribution is 2.31. The highest BCUT2D eigenvalue weighted by molar-refractivity contribution is 6.09. The molecule has 1 aromatic rings. The molecule has 0 bridgehead atoms. The molecule has 6 nitrogen and oxygen atoms in total. The van der Waals surface area contributed by atoms with Crippen molar-refractivity contribution < 1.29 is 9.59 Å². The quantitative estimate of drug-likeness (QED) is 0.746. The lowest BCUT2D eigenvalue weighted by atomic mass is 9.85. The lowest BCUT2D eigenvalue weighted by Gasteiger charge is -2.30. The third kappa shape index (κ3) is 4.53. The maximum absolute atomic E-state index is 13.0. The van der Waals surface area contributed by atoms with E-state index in [2.05, 4.69) is 51.2 Å². The zero-order valence-electron chi connectivity index (χ0n) is 19.4. The van der Waals surface area contributed by atoms with Crippen LogP contribution in [0.15, 0.2) is 30.5 Å². The van der Waals surface area contributed by atoms with Gasteiger partial charge < -0.3 is 19.6 Å². The van der Waals surface area contributed by atoms with Crippen LogP contribution in [0.25, 0.3) is 0 Å². The van der Waals surface area contributed by atoms with Crippen LogP contribution in [-0.2, 0) is 10.2 Å². The van der Waals surface area contributed by atoms with Gasteiger partial charge in [-0.25, -0.2) is 0 Å². The van der Waals surface area contributed by atoms with Gasteiger partial charge >= 0.3 is 0 Å². The van der Waals surface area contributed by atoms with Gasteiger partial charge in [0.1, 0.15) is 6.54 Å². The predicted octanol–water partition coefficient (Wildman–Crippen LogP) is 2.94. The molecule has 1 fully saturated rings. The van der Waals surface area contributed by atoms with Gasteiger partial charge in [0.15, 0.2) is 0 Å². The van der Waals surface area contributed by atoms with Gasteiger partial charge in [0.05, 0.1) is 11.3 Å². The van der Waals surface area contributed by atoms with Crippen LogP contribution in [-0.4, -0.2) is 79.9 Å². The number of hydrogen-bond acceptors (Lipinski definition) is 4. The van der Waals surface area contributed by atoms with Crippen molar-refractivity contribution in [1.82, 2.24) is 14.7 Å². The second-order valence-electron chi connectivity index (χ2n) is 9.82. The lowest BCUT2D eigenvalue weighted by Crippen LogP contribution is -2.43. The Bertz CT molecular complexity index is 842. The van der Waals surface area contributed by atoms with E-state index in [0.29, 0.717) is 18.2 Å². The summed E-state index contributed by atoms with van der Waals surface area (Å²) in [5.74, 6) is -0.126. The number of rotatable bonds is 5. The summed E-state index contributed by atoms with van der Waals surface area (Å²) in [5.41, 5.74) is 3.57. The summed E-state index contributed by atoms with van der Waals surface area (Å²) < 4.78 is 0. The number of benzene rings is 1. The van der Waals surface area contributed by atoms with Crippen molar-refractivity contribution in [2.24, 2.45) is 0 Å². The number of nitrogens with zero attached hydrogens (tertiary/aromatic N) is 4. The molecule has 2 aliphatic rings. The molecule has 1 atom stereocenters. The molecule has 1 aromatic carbocycles. The number of hydrogen-bond donors (Lipinski definition) is 0. The third-order valence-electron chi connectivity index (χ3n) is 6.44. The molecule has 2 amide bonds. The fourth-order valence-corrected chi connectivity index (χ4v) is 4.25. The number of carbonyl (C=O) groups is 2. The van der Waals surface area contributed by atoms with E-state index in [9.17, 15) is 9.59 Å². The Morgan fingerprint density at radius 1 is 1.20 bits per heavy atom. The van der Waals surface area contributed by atoms with E-state index >= 15 is 0 Å². The molecule has 0 N–H and O–H groups in total. The summed E-state index contributed by atoms with van der Waals surface area (Å²) in [5, 5.41) is 0. The number of amides is 2. The zero-order chi connectivity index (χ0) is 22.2. The van der Waals surface area contributed by atoms with Gasteiger partial charge in [-0.2, -0.15) is 0 Å². The van der Waals surface area contributed by atoms with Crippen molar-refractivity contribution in [3.8, 4) is 0 Å². The second-order valence-corrected chi connectivity index (χ2v) is 9.82. The van der Waals surface area contributed by atoms with Gasteiger partial charge in [-0.15, -0.1) is 0 Å². The second kappa shape index (κ2) is 8.42. The molecule has 2 aliphatic heterocycles. The predicted molar refractivity (Wildman–Crippen MR) is 122 cm³/mol. The fraction of sp³-hybridized carbons (Fsp3) is 0.583. The summed E-state index contributed by atoms with van der Waals surface area (Å²) >= 11 is 0. The molecule has 0 aliphatic carbocycles. The molecule has 6 heteroatoms. The number of fused-ring (bicyclic) bond motifs is 1. The van der Waals surface area contributed by atoms with E-state index in [1.54, 1.807) is 11.9 Å². The van der Waals surface area contributed by atoms with Gasteiger partial charge in [-0.1, -0.05) is 33.4 Å². The first kappa shape index (κ1) is 22.3. The van der Waals surface area contributed by atoms with Crippen molar-refractivity contribution in [3.05, 3.63) is 41.6 Å². The van der Waals surface area contributed by atoms with E-state index in [4.69, 9.17) is 0 Å². The zero-order valence-corrected chi connectivity index (χ0v) is 19.4. The van der Waals surface area contributed by atoms with Crippen LogP contribution in [0, 0.1) is 0 Å². The van der Waals surface area contributed by atoms with Crippen LogP contribution < -0.4 is 4.90 Å². The lowest BCUT2D eigenvalue weighted by molar-refractivity contribution is -0.119. The molecule has 0 unspecified atom stereocenters. The Balaban J connectivity index is 1.79. The van der Waals surface area contributed by atoms with Gasteiger partial charge in [-0.3, -0.25) is 9.59 Å². The molecule has 1 saturated heterocycles. The Morgan fingerprint density at radius 3 is 2.50 bits per heavy atom. The highest BCUT2D eigenvalue weighted by atomic mass is 16.2. The summed E-state index contributed by atoms with van der Waals surface area (Å²) in [6.07, 6.45) is 2.18. The summed E-state index contributed by atoms with van der Waals surface area (Å²) in [7, 11) is 5.90. The standard InChI is InChI=1S/C24H36N4O2/c1-17-8-10-19(27(17)7)15-25(5)12-13-28-21-11-9-18(24(2,3)4)14-20(21)23(30)26(6)16-22(28)29/h9,11,14,19H,1,8,10,12-13,15-16H2,2-7H3/t19-/m0/s1. The third-order valence-corrected chi connectivity index (χ3v) is 6.44. The minimum atomic E-state index is -0.0913. The Hall–Kier alpha value is -2.34. The van der Waals surface area contributed by atoms with Crippen LogP contribution in [0.5, 0.6) is 0 Å². The minimum absolute atomic E-state index is 0.0344. The van der Waals surface area contributed by atoms with Gasteiger partial charge in [0, 0.05) is 45.5 Å². The number of likely N-dealkylation sites (tertiary alicyclic amines) is 1. The van der Waals surface area contributed by atoms with E-state index in [0.717, 1.165) is 37.2 Å². The monoisotopic (exact) mass is 412 g/mol. The largest absolute Gasteiger partial charge is 0.374 e.